The first-order valence-corrected chi connectivity index (χ1v) is 4.50. The van der Waals surface area contributed by atoms with Crippen molar-refractivity contribution in [3.05, 3.63) is 27.7 Å². The lowest BCUT2D eigenvalue weighted by Gasteiger charge is -2.07. The number of methoxy groups -OCH3 is 1. The first kappa shape index (κ1) is 11.3. The molecule has 0 bridgehead atoms. The van der Waals surface area contributed by atoms with E-state index in [1.54, 1.807) is 0 Å². The van der Waals surface area contributed by atoms with Gasteiger partial charge in [0, 0.05) is 18.7 Å². The molecule has 0 atom stereocenters. The molecule has 1 rings (SSSR count). The molecule has 0 aliphatic carbocycles. The highest BCUT2D eigenvalue weighted by Crippen LogP contribution is 2.30. The number of halogens is 2. The molecule has 1 aromatic carbocycles. The zero-order valence-electron chi connectivity index (χ0n) is 7.42. The number of hydrogen-bond donors (Lipinski definition) is 0. The van der Waals surface area contributed by atoms with Gasteiger partial charge < -0.3 is 9.47 Å². The SMILES string of the molecule is COCOc1cc(Cl)c(C=O)cc1Cl. The van der Waals surface area contributed by atoms with Crippen molar-refractivity contribution in [1.82, 2.24) is 0 Å². The van der Waals surface area contributed by atoms with Crippen LogP contribution in [-0.4, -0.2) is 20.2 Å². The summed E-state index contributed by atoms with van der Waals surface area (Å²) < 4.78 is 9.82. The molecule has 14 heavy (non-hydrogen) atoms. The van der Waals surface area contributed by atoms with Crippen molar-refractivity contribution in [1.29, 1.82) is 0 Å². The first-order chi connectivity index (χ1) is 6.69. The smallest absolute Gasteiger partial charge is 0.188 e. The highest BCUT2D eigenvalue weighted by molar-refractivity contribution is 6.36. The lowest BCUT2D eigenvalue weighted by molar-refractivity contribution is 0.0512. The molecule has 0 fully saturated rings. The molecule has 3 nitrogen and oxygen atoms in total. The number of carbonyl (C=O) groups excluding carboxylic acids is 1. The number of rotatable bonds is 4. The highest BCUT2D eigenvalue weighted by atomic mass is 35.5. The summed E-state index contributed by atoms with van der Waals surface area (Å²) in [5, 5.41) is 0.629. The van der Waals surface area contributed by atoms with Crippen LogP contribution in [0, 0.1) is 0 Å². The predicted octanol–water partition coefficient (Wildman–Crippen LogP) is 2.79. The maximum atomic E-state index is 10.5. The van der Waals surface area contributed by atoms with Gasteiger partial charge in [-0.05, 0) is 6.07 Å². The Morgan fingerprint density at radius 2 is 2.07 bits per heavy atom. The summed E-state index contributed by atoms with van der Waals surface area (Å²) in [5.74, 6) is 0.393. The van der Waals surface area contributed by atoms with Crippen LogP contribution in [0.4, 0.5) is 0 Å². The minimum absolute atomic E-state index is 0.0798. The topological polar surface area (TPSA) is 35.5 Å². The zero-order chi connectivity index (χ0) is 10.6. The van der Waals surface area contributed by atoms with Gasteiger partial charge >= 0.3 is 0 Å². The Hall–Kier alpha value is -0.770. The molecule has 0 radical (unpaired) electrons. The van der Waals surface area contributed by atoms with Crippen LogP contribution in [0.1, 0.15) is 10.4 Å². The van der Waals surface area contributed by atoms with E-state index >= 15 is 0 Å². The van der Waals surface area contributed by atoms with E-state index in [9.17, 15) is 4.79 Å². The monoisotopic (exact) mass is 234 g/mol. The molecule has 0 aliphatic heterocycles. The first-order valence-electron chi connectivity index (χ1n) is 3.75. The van der Waals surface area contributed by atoms with Crippen molar-refractivity contribution < 1.29 is 14.3 Å². The van der Waals surface area contributed by atoms with Crippen molar-refractivity contribution in [3.63, 3.8) is 0 Å². The van der Waals surface area contributed by atoms with Crippen molar-refractivity contribution >= 4 is 29.5 Å². The minimum atomic E-state index is 0.0798. The molecule has 0 saturated heterocycles. The van der Waals surface area contributed by atoms with Crippen LogP contribution in [-0.2, 0) is 4.74 Å². The average molecular weight is 235 g/mol. The maximum absolute atomic E-state index is 10.5. The summed E-state index contributed by atoms with van der Waals surface area (Å²) in [6.07, 6.45) is 0.633. The van der Waals surface area contributed by atoms with E-state index in [1.165, 1.54) is 19.2 Å². The zero-order valence-corrected chi connectivity index (χ0v) is 8.93. The summed E-state index contributed by atoms with van der Waals surface area (Å²) in [4.78, 5) is 10.5. The van der Waals surface area contributed by atoms with Gasteiger partial charge in [0.25, 0.3) is 0 Å². The van der Waals surface area contributed by atoms with Gasteiger partial charge in [-0.25, -0.2) is 0 Å². The quantitative estimate of drug-likeness (QED) is 0.594. The molecule has 0 amide bonds. The number of ether oxygens (including phenoxy) is 2. The predicted molar refractivity (Wildman–Crippen MR) is 54.4 cm³/mol. The van der Waals surface area contributed by atoms with E-state index in [0.29, 0.717) is 27.6 Å². The Balaban J connectivity index is 2.96. The third-order valence-corrected chi connectivity index (χ3v) is 2.13. The van der Waals surface area contributed by atoms with Crippen LogP contribution in [0.25, 0.3) is 0 Å². The Labute approximate surface area is 91.5 Å². The van der Waals surface area contributed by atoms with Gasteiger partial charge in [-0.3, -0.25) is 4.79 Å². The van der Waals surface area contributed by atoms with Crippen molar-refractivity contribution in [2.75, 3.05) is 13.9 Å². The second kappa shape index (κ2) is 5.20. The Kier molecular flexibility index (Phi) is 4.20. The summed E-state index contributed by atoms with van der Waals surface area (Å²) in [6.45, 7) is 0.0798. The van der Waals surface area contributed by atoms with Gasteiger partial charge in [-0.1, -0.05) is 23.2 Å². The number of aldehydes is 1. The molecule has 0 heterocycles. The van der Waals surface area contributed by atoms with Crippen LogP contribution < -0.4 is 4.74 Å². The molecular formula is C9H8Cl2O3. The fourth-order valence-corrected chi connectivity index (χ4v) is 1.29. The van der Waals surface area contributed by atoms with Gasteiger partial charge in [0.1, 0.15) is 5.75 Å². The fraction of sp³-hybridized carbons (Fsp3) is 0.222. The lowest BCUT2D eigenvalue weighted by Crippen LogP contribution is -1.99. The molecule has 0 aromatic heterocycles. The van der Waals surface area contributed by atoms with Crippen LogP contribution in [0.3, 0.4) is 0 Å². The van der Waals surface area contributed by atoms with Crippen molar-refractivity contribution in [3.8, 4) is 5.75 Å². The van der Waals surface area contributed by atoms with Crippen molar-refractivity contribution in [2.45, 2.75) is 0 Å². The van der Waals surface area contributed by atoms with Crippen LogP contribution in [0.5, 0.6) is 5.75 Å². The summed E-state index contributed by atoms with van der Waals surface area (Å²) in [7, 11) is 1.50. The molecule has 0 unspecified atom stereocenters. The second-order valence-corrected chi connectivity index (χ2v) is 3.29. The lowest BCUT2D eigenvalue weighted by atomic mass is 10.2. The molecular weight excluding hydrogens is 227 g/mol. The second-order valence-electron chi connectivity index (χ2n) is 2.47. The largest absolute Gasteiger partial charge is 0.466 e. The fourth-order valence-electron chi connectivity index (χ4n) is 0.867. The highest BCUT2D eigenvalue weighted by Gasteiger charge is 2.07. The van der Waals surface area contributed by atoms with E-state index in [-0.39, 0.29) is 6.79 Å². The van der Waals surface area contributed by atoms with E-state index < -0.39 is 0 Å². The standard InChI is InChI=1S/C9H8Cl2O3/c1-13-5-14-9-3-7(10)6(4-12)2-8(9)11/h2-4H,5H2,1H3. The molecule has 0 aliphatic rings. The third kappa shape index (κ3) is 2.61. The van der Waals surface area contributed by atoms with Crippen molar-refractivity contribution in [2.24, 2.45) is 0 Å². The third-order valence-electron chi connectivity index (χ3n) is 1.51. The Bertz CT molecular complexity index is 339. The van der Waals surface area contributed by atoms with E-state index in [1.807, 2.05) is 0 Å². The van der Waals surface area contributed by atoms with Gasteiger partial charge in [-0.2, -0.15) is 0 Å². The minimum Gasteiger partial charge on any atom is -0.466 e. The summed E-state index contributed by atoms with van der Waals surface area (Å²) >= 11 is 11.6. The number of benzene rings is 1. The number of hydrogen-bond acceptors (Lipinski definition) is 3. The van der Waals surface area contributed by atoms with Crippen LogP contribution in [0.2, 0.25) is 10.0 Å². The van der Waals surface area contributed by atoms with Gasteiger partial charge in [0.05, 0.1) is 10.0 Å². The molecule has 1 aromatic rings. The van der Waals surface area contributed by atoms with E-state index in [2.05, 4.69) is 0 Å². The van der Waals surface area contributed by atoms with E-state index in [4.69, 9.17) is 32.7 Å². The Morgan fingerprint density at radius 3 is 2.64 bits per heavy atom. The Morgan fingerprint density at radius 1 is 1.36 bits per heavy atom. The molecule has 0 N–H and O–H groups in total. The molecule has 5 heteroatoms. The summed E-state index contributed by atoms with van der Waals surface area (Å²) in [5.41, 5.74) is 0.335. The average Bonchev–Trinajstić information content (AvgIpc) is 2.18. The summed E-state index contributed by atoms with van der Waals surface area (Å²) in [6, 6.07) is 2.93. The normalized spacial score (nSPS) is 9.93. The molecule has 0 spiro atoms. The van der Waals surface area contributed by atoms with E-state index in [0.717, 1.165) is 0 Å². The van der Waals surface area contributed by atoms with Crippen LogP contribution in [0.15, 0.2) is 12.1 Å². The number of carbonyl (C=O) groups is 1. The van der Waals surface area contributed by atoms with Gasteiger partial charge in [-0.15, -0.1) is 0 Å². The van der Waals surface area contributed by atoms with Gasteiger partial charge in [0.2, 0.25) is 0 Å². The van der Waals surface area contributed by atoms with Crippen LogP contribution >= 0.6 is 23.2 Å². The molecule has 0 saturated carbocycles. The maximum Gasteiger partial charge on any atom is 0.188 e. The molecule has 76 valence electrons. The van der Waals surface area contributed by atoms with Gasteiger partial charge in [0.15, 0.2) is 13.1 Å².